The van der Waals surface area contributed by atoms with Crippen LogP contribution in [0.25, 0.3) is 5.69 Å². The molecule has 0 radical (unpaired) electrons. The van der Waals surface area contributed by atoms with Gasteiger partial charge in [-0.15, -0.1) is 0 Å². The van der Waals surface area contributed by atoms with Crippen molar-refractivity contribution in [3.05, 3.63) is 113 Å². The molecule has 0 spiro atoms. The number of hydrogen-bond acceptors (Lipinski definition) is 4. The third-order valence-corrected chi connectivity index (χ3v) is 7.65. The van der Waals surface area contributed by atoms with Gasteiger partial charge in [-0.3, -0.25) is 9.10 Å². The van der Waals surface area contributed by atoms with Gasteiger partial charge in [-0.05, 0) is 68.4 Å². The summed E-state index contributed by atoms with van der Waals surface area (Å²) in [7, 11) is -4.02. The molecule has 0 fully saturated rings. The van der Waals surface area contributed by atoms with E-state index in [4.69, 9.17) is 11.6 Å². The minimum absolute atomic E-state index is 0.0282. The minimum Gasteiger partial charge on any atom is -0.318 e. The van der Waals surface area contributed by atoms with Gasteiger partial charge in [0.2, 0.25) is 0 Å². The van der Waals surface area contributed by atoms with E-state index in [-0.39, 0.29) is 4.90 Å². The number of para-hydroxylation sites is 2. The summed E-state index contributed by atoms with van der Waals surface area (Å²) in [5, 5.41) is 4.50. The van der Waals surface area contributed by atoms with Crippen molar-refractivity contribution in [3.8, 4) is 5.69 Å². The van der Waals surface area contributed by atoms with Crippen LogP contribution in [0.15, 0.2) is 101 Å². The lowest BCUT2D eigenvalue weighted by molar-refractivity contribution is -0.119. The molecule has 184 valence electrons. The fourth-order valence-electron chi connectivity index (χ4n) is 3.88. The fraction of sp³-hybridized carbons (Fsp3) is 0.111. The van der Waals surface area contributed by atoms with Gasteiger partial charge < -0.3 is 4.57 Å². The number of halogens is 1. The van der Waals surface area contributed by atoms with Crippen molar-refractivity contribution in [2.75, 3.05) is 10.8 Å². The first-order valence-corrected chi connectivity index (χ1v) is 13.0. The molecule has 1 N–H and O–H groups in total. The summed E-state index contributed by atoms with van der Waals surface area (Å²) >= 11 is 5.92. The summed E-state index contributed by atoms with van der Waals surface area (Å²) in [4.78, 5) is 12.8. The molecule has 3 aromatic carbocycles. The molecule has 7 nitrogen and oxygen atoms in total. The highest BCUT2D eigenvalue weighted by Gasteiger charge is 2.27. The van der Waals surface area contributed by atoms with Crippen LogP contribution in [0.5, 0.6) is 0 Å². The average molecular weight is 521 g/mol. The summed E-state index contributed by atoms with van der Waals surface area (Å²) < 4.78 is 29.9. The first-order valence-electron chi connectivity index (χ1n) is 11.2. The van der Waals surface area contributed by atoms with Crippen molar-refractivity contribution in [1.29, 1.82) is 0 Å². The van der Waals surface area contributed by atoms with Gasteiger partial charge >= 0.3 is 0 Å². The highest BCUT2D eigenvalue weighted by atomic mass is 35.5. The Morgan fingerprint density at radius 1 is 0.972 bits per heavy atom. The topological polar surface area (TPSA) is 83.8 Å². The van der Waals surface area contributed by atoms with Crippen molar-refractivity contribution in [1.82, 2.24) is 9.99 Å². The number of amides is 1. The Balaban J connectivity index is 1.53. The second-order valence-corrected chi connectivity index (χ2v) is 10.4. The summed E-state index contributed by atoms with van der Waals surface area (Å²) in [5.41, 5.74) is 6.67. The molecule has 0 aliphatic rings. The van der Waals surface area contributed by atoms with Crippen molar-refractivity contribution < 1.29 is 13.2 Å². The van der Waals surface area contributed by atoms with Crippen LogP contribution in [-0.2, 0) is 14.8 Å². The summed E-state index contributed by atoms with van der Waals surface area (Å²) in [5.74, 6) is -0.579. The predicted octanol–water partition coefficient (Wildman–Crippen LogP) is 5.09. The van der Waals surface area contributed by atoms with E-state index in [1.165, 1.54) is 24.3 Å². The molecule has 0 saturated heterocycles. The Kier molecular flexibility index (Phi) is 7.57. The van der Waals surface area contributed by atoms with Gasteiger partial charge in [0.25, 0.3) is 15.9 Å². The third-order valence-electron chi connectivity index (χ3n) is 5.61. The molecule has 0 aliphatic carbocycles. The van der Waals surface area contributed by atoms with Crippen LogP contribution < -0.4 is 9.73 Å². The van der Waals surface area contributed by atoms with Crippen molar-refractivity contribution in [2.45, 2.75) is 18.7 Å². The maximum atomic E-state index is 13.4. The number of anilines is 1. The molecular formula is C27H25ClN4O3S. The molecular weight excluding hydrogens is 496 g/mol. The number of sulfonamides is 1. The second kappa shape index (κ2) is 10.8. The van der Waals surface area contributed by atoms with Crippen molar-refractivity contribution >= 4 is 39.4 Å². The third kappa shape index (κ3) is 5.50. The number of hydrogen-bond donors (Lipinski definition) is 1. The van der Waals surface area contributed by atoms with Gasteiger partial charge in [0, 0.05) is 27.7 Å². The molecule has 4 aromatic rings. The molecule has 1 aromatic heterocycles. The van der Waals surface area contributed by atoms with Crippen LogP contribution in [0.2, 0.25) is 5.02 Å². The van der Waals surface area contributed by atoms with Crippen molar-refractivity contribution in [2.24, 2.45) is 5.10 Å². The number of nitrogens with one attached hydrogen (secondary N) is 1. The van der Waals surface area contributed by atoms with Gasteiger partial charge in [0.1, 0.15) is 6.54 Å². The maximum Gasteiger partial charge on any atom is 0.264 e. The number of hydrazone groups is 1. The molecule has 9 heteroatoms. The Morgan fingerprint density at radius 3 is 2.22 bits per heavy atom. The Bertz CT molecular complexity index is 1480. The number of benzene rings is 3. The van der Waals surface area contributed by atoms with Crippen LogP contribution in [0.3, 0.4) is 0 Å². The molecule has 0 unspecified atom stereocenters. The molecule has 0 saturated carbocycles. The Morgan fingerprint density at radius 2 is 1.58 bits per heavy atom. The van der Waals surface area contributed by atoms with Gasteiger partial charge in [0.15, 0.2) is 0 Å². The number of aromatic nitrogens is 1. The van der Waals surface area contributed by atoms with E-state index in [2.05, 4.69) is 15.1 Å². The first kappa shape index (κ1) is 25.2. The minimum atomic E-state index is -4.02. The Labute approximate surface area is 215 Å². The molecule has 0 bridgehead atoms. The van der Waals surface area contributed by atoms with Crippen LogP contribution in [0.4, 0.5) is 5.69 Å². The summed E-state index contributed by atoms with van der Waals surface area (Å²) in [6.07, 6.45) is 1.56. The second-order valence-electron chi connectivity index (χ2n) is 8.09. The van der Waals surface area contributed by atoms with E-state index in [0.717, 1.165) is 26.9 Å². The first-order chi connectivity index (χ1) is 17.3. The SMILES string of the molecule is Cc1cc(/C=N\NC(=O)CN(c2ccccc2)S(=O)(=O)c2ccc(Cl)cc2)c(C)n1-c1ccccc1. The van der Waals surface area contributed by atoms with Gasteiger partial charge in [0.05, 0.1) is 16.8 Å². The standard InChI is InChI=1S/C27H25ClN4O3S/c1-20-17-22(21(2)32(20)25-11-7-4-8-12-25)18-29-30-27(33)19-31(24-9-5-3-6-10-24)36(34,35)26-15-13-23(28)14-16-26/h3-18H,19H2,1-2H3,(H,30,33)/b29-18-. The quantitative estimate of drug-likeness (QED) is 0.259. The molecule has 4 rings (SSSR count). The van der Waals surface area contributed by atoms with Gasteiger partial charge in [-0.25, -0.2) is 13.8 Å². The molecule has 0 atom stereocenters. The normalized spacial score (nSPS) is 11.5. The number of carbonyl (C=O) groups is 1. The molecule has 1 amide bonds. The zero-order valence-electron chi connectivity index (χ0n) is 19.8. The maximum absolute atomic E-state index is 13.4. The predicted molar refractivity (Wildman–Crippen MR) is 143 cm³/mol. The molecule has 1 heterocycles. The van der Waals surface area contributed by atoms with Crippen LogP contribution >= 0.6 is 11.6 Å². The van der Waals surface area contributed by atoms with Gasteiger partial charge in [-0.1, -0.05) is 48.0 Å². The van der Waals surface area contributed by atoms with E-state index in [1.807, 2.05) is 50.2 Å². The molecule has 0 aliphatic heterocycles. The highest BCUT2D eigenvalue weighted by Crippen LogP contribution is 2.24. The number of aryl methyl sites for hydroxylation is 1. The monoisotopic (exact) mass is 520 g/mol. The highest BCUT2D eigenvalue weighted by molar-refractivity contribution is 7.92. The van der Waals surface area contributed by atoms with Crippen LogP contribution in [0, 0.1) is 13.8 Å². The number of nitrogens with zero attached hydrogens (tertiary/aromatic N) is 3. The van der Waals surface area contributed by atoms with E-state index in [1.54, 1.807) is 36.5 Å². The van der Waals surface area contributed by atoms with Crippen molar-refractivity contribution in [3.63, 3.8) is 0 Å². The summed E-state index contributed by atoms with van der Waals surface area (Å²) in [6.45, 7) is 3.52. The lowest BCUT2D eigenvalue weighted by atomic mass is 10.2. The zero-order chi connectivity index (χ0) is 25.7. The van der Waals surface area contributed by atoms with E-state index in [0.29, 0.717) is 10.7 Å². The van der Waals surface area contributed by atoms with E-state index < -0.39 is 22.5 Å². The van der Waals surface area contributed by atoms with Crippen LogP contribution in [-0.4, -0.2) is 31.7 Å². The smallest absolute Gasteiger partial charge is 0.264 e. The molecule has 36 heavy (non-hydrogen) atoms. The van der Waals surface area contributed by atoms with Gasteiger partial charge in [-0.2, -0.15) is 5.10 Å². The fourth-order valence-corrected chi connectivity index (χ4v) is 5.42. The number of rotatable bonds is 8. The van der Waals surface area contributed by atoms with Crippen LogP contribution in [0.1, 0.15) is 17.0 Å². The number of carbonyl (C=O) groups excluding carboxylic acids is 1. The summed E-state index contributed by atoms with van der Waals surface area (Å²) in [6, 6.07) is 26.1. The average Bonchev–Trinajstić information content (AvgIpc) is 3.16. The largest absolute Gasteiger partial charge is 0.318 e. The Hall–Kier alpha value is -3.88. The van der Waals surface area contributed by atoms with E-state index in [9.17, 15) is 13.2 Å². The zero-order valence-corrected chi connectivity index (χ0v) is 21.4. The van der Waals surface area contributed by atoms with E-state index >= 15 is 0 Å². The lowest BCUT2D eigenvalue weighted by Gasteiger charge is -2.23. The lowest BCUT2D eigenvalue weighted by Crippen LogP contribution is -2.39.